The first-order valence-corrected chi connectivity index (χ1v) is 5.11. The zero-order valence-corrected chi connectivity index (χ0v) is 9.64. The second kappa shape index (κ2) is 6.38. The quantitative estimate of drug-likeness (QED) is 0.538. The Morgan fingerprint density at radius 2 is 1.78 bits per heavy atom. The molecule has 1 aromatic carbocycles. The van der Waals surface area contributed by atoms with Gasteiger partial charge in [0.05, 0.1) is 0 Å². The van der Waals surface area contributed by atoms with Crippen LogP contribution in [0.15, 0.2) is 24.3 Å². The molecule has 0 saturated heterocycles. The SMILES string of the molecule is Cc1ccc(CC(CO[N+](=O)[O-])O[N+](=O)[O-])cc1. The van der Waals surface area contributed by atoms with Crippen LogP contribution in [-0.2, 0) is 16.1 Å². The van der Waals surface area contributed by atoms with Crippen LogP contribution in [0.25, 0.3) is 0 Å². The summed E-state index contributed by atoms with van der Waals surface area (Å²) in [6.45, 7) is 1.42. The van der Waals surface area contributed by atoms with Gasteiger partial charge in [-0.2, -0.15) is 0 Å². The molecule has 8 nitrogen and oxygen atoms in total. The molecular formula is C10H12N2O6. The predicted molar refractivity (Wildman–Crippen MR) is 59.7 cm³/mol. The van der Waals surface area contributed by atoms with Gasteiger partial charge >= 0.3 is 0 Å². The maximum Gasteiger partial charge on any atom is 0.294 e. The molecule has 0 heterocycles. The molecule has 0 aromatic heterocycles. The Morgan fingerprint density at radius 3 is 2.28 bits per heavy atom. The molecule has 0 N–H and O–H groups in total. The Hall–Kier alpha value is -2.38. The molecule has 0 bridgehead atoms. The molecule has 1 atom stereocenters. The van der Waals surface area contributed by atoms with Crippen LogP contribution in [0.5, 0.6) is 0 Å². The Balaban J connectivity index is 2.61. The molecule has 98 valence electrons. The summed E-state index contributed by atoms with van der Waals surface area (Å²) >= 11 is 0. The Kier molecular flexibility index (Phi) is 4.85. The largest absolute Gasteiger partial charge is 0.312 e. The van der Waals surface area contributed by atoms with Crippen molar-refractivity contribution in [2.75, 3.05) is 6.61 Å². The summed E-state index contributed by atoms with van der Waals surface area (Å²) in [5, 5.41) is 18.3. The van der Waals surface area contributed by atoms with E-state index in [1.165, 1.54) is 0 Å². The standard InChI is InChI=1S/C10H12N2O6/c1-8-2-4-9(5-3-8)6-10(18-12(15)16)7-17-11(13)14/h2-5,10H,6-7H2,1H3. The number of aryl methyl sites for hydroxylation is 1. The van der Waals surface area contributed by atoms with Gasteiger partial charge in [-0.3, -0.25) is 0 Å². The van der Waals surface area contributed by atoms with E-state index in [4.69, 9.17) is 0 Å². The minimum atomic E-state index is -1.01. The van der Waals surface area contributed by atoms with Crippen LogP contribution in [0, 0.1) is 27.2 Å². The molecule has 0 amide bonds. The first kappa shape index (κ1) is 13.7. The fraction of sp³-hybridized carbons (Fsp3) is 0.400. The van der Waals surface area contributed by atoms with E-state index in [0.29, 0.717) is 0 Å². The highest BCUT2D eigenvalue weighted by atomic mass is 17.0. The second-order valence-electron chi connectivity index (χ2n) is 3.66. The zero-order chi connectivity index (χ0) is 13.5. The van der Waals surface area contributed by atoms with Gasteiger partial charge < -0.3 is 9.68 Å². The van der Waals surface area contributed by atoms with Crippen LogP contribution in [0.3, 0.4) is 0 Å². The van der Waals surface area contributed by atoms with Crippen LogP contribution < -0.4 is 0 Å². The zero-order valence-electron chi connectivity index (χ0n) is 9.64. The molecule has 0 saturated carbocycles. The maximum absolute atomic E-state index is 10.3. The molecule has 1 unspecified atom stereocenters. The van der Waals surface area contributed by atoms with Crippen molar-refractivity contribution in [1.29, 1.82) is 0 Å². The average Bonchev–Trinajstić information content (AvgIpc) is 2.28. The molecule has 0 aliphatic rings. The van der Waals surface area contributed by atoms with E-state index in [1.54, 1.807) is 12.1 Å². The molecule has 1 rings (SSSR count). The first-order valence-electron chi connectivity index (χ1n) is 5.11. The number of nitrogens with zero attached hydrogens (tertiary/aromatic N) is 2. The van der Waals surface area contributed by atoms with Crippen molar-refractivity contribution in [3.63, 3.8) is 0 Å². The van der Waals surface area contributed by atoms with E-state index in [9.17, 15) is 20.2 Å². The summed E-state index contributed by atoms with van der Waals surface area (Å²) in [6, 6.07) is 7.23. The van der Waals surface area contributed by atoms with Gasteiger partial charge in [0.15, 0.2) is 0 Å². The lowest BCUT2D eigenvalue weighted by Crippen LogP contribution is -2.26. The lowest BCUT2D eigenvalue weighted by Gasteiger charge is -2.13. The smallest absolute Gasteiger partial charge is 0.294 e. The third-order valence-electron chi connectivity index (χ3n) is 2.18. The molecule has 0 fully saturated rings. The molecule has 1 aromatic rings. The molecule has 0 aliphatic heterocycles. The van der Waals surface area contributed by atoms with E-state index in [-0.39, 0.29) is 6.42 Å². The number of hydrogen-bond acceptors (Lipinski definition) is 6. The van der Waals surface area contributed by atoms with Crippen molar-refractivity contribution in [3.05, 3.63) is 55.6 Å². The van der Waals surface area contributed by atoms with Gasteiger partial charge in [-0.1, -0.05) is 29.8 Å². The summed E-state index contributed by atoms with van der Waals surface area (Å²) in [5.74, 6) is 0. The maximum atomic E-state index is 10.3. The molecule has 0 aliphatic carbocycles. The Bertz CT molecular complexity index is 419. The third kappa shape index (κ3) is 5.10. The van der Waals surface area contributed by atoms with Crippen LogP contribution in [0.1, 0.15) is 11.1 Å². The normalized spacial score (nSPS) is 11.6. The molecule has 18 heavy (non-hydrogen) atoms. The molecular weight excluding hydrogens is 244 g/mol. The van der Waals surface area contributed by atoms with Crippen molar-refractivity contribution in [2.45, 2.75) is 19.4 Å². The van der Waals surface area contributed by atoms with Gasteiger partial charge in [0.25, 0.3) is 10.2 Å². The number of benzene rings is 1. The van der Waals surface area contributed by atoms with E-state index in [1.807, 2.05) is 19.1 Å². The number of rotatable bonds is 7. The fourth-order valence-electron chi connectivity index (χ4n) is 1.38. The summed E-state index contributed by atoms with van der Waals surface area (Å²) in [6.07, 6.45) is -0.845. The van der Waals surface area contributed by atoms with Gasteiger partial charge in [-0.25, -0.2) is 0 Å². The lowest BCUT2D eigenvalue weighted by atomic mass is 10.1. The van der Waals surface area contributed by atoms with Crippen molar-refractivity contribution in [1.82, 2.24) is 0 Å². The van der Waals surface area contributed by atoms with Gasteiger partial charge in [0.2, 0.25) is 0 Å². The van der Waals surface area contributed by atoms with Crippen LogP contribution in [-0.4, -0.2) is 22.9 Å². The topological polar surface area (TPSA) is 105 Å². The third-order valence-corrected chi connectivity index (χ3v) is 2.18. The minimum Gasteiger partial charge on any atom is -0.312 e. The predicted octanol–water partition coefficient (Wildman–Crippen LogP) is 1.32. The van der Waals surface area contributed by atoms with Crippen molar-refractivity contribution < 1.29 is 19.8 Å². The molecule has 0 spiro atoms. The second-order valence-corrected chi connectivity index (χ2v) is 3.66. The van der Waals surface area contributed by atoms with E-state index < -0.39 is 22.9 Å². The van der Waals surface area contributed by atoms with Crippen molar-refractivity contribution >= 4 is 0 Å². The van der Waals surface area contributed by atoms with E-state index >= 15 is 0 Å². The van der Waals surface area contributed by atoms with Crippen molar-refractivity contribution in [2.24, 2.45) is 0 Å². The Labute approximate surface area is 102 Å². The van der Waals surface area contributed by atoms with Gasteiger partial charge in [0.1, 0.15) is 12.7 Å². The molecule has 8 heteroatoms. The highest BCUT2D eigenvalue weighted by Gasteiger charge is 2.16. The highest BCUT2D eigenvalue weighted by molar-refractivity contribution is 5.21. The highest BCUT2D eigenvalue weighted by Crippen LogP contribution is 2.09. The van der Waals surface area contributed by atoms with E-state index in [0.717, 1.165) is 11.1 Å². The van der Waals surface area contributed by atoms with Crippen LogP contribution in [0.2, 0.25) is 0 Å². The average molecular weight is 256 g/mol. The number of hydrogen-bond donors (Lipinski definition) is 0. The Morgan fingerprint density at radius 1 is 1.17 bits per heavy atom. The van der Waals surface area contributed by atoms with Crippen molar-refractivity contribution in [3.8, 4) is 0 Å². The summed E-state index contributed by atoms with van der Waals surface area (Å²) < 4.78 is 0. The summed E-state index contributed by atoms with van der Waals surface area (Å²) in [4.78, 5) is 28.7. The van der Waals surface area contributed by atoms with Gasteiger partial charge in [-0.15, -0.1) is 20.2 Å². The van der Waals surface area contributed by atoms with Crippen LogP contribution in [0.4, 0.5) is 0 Å². The lowest BCUT2D eigenvalue weighted by molar-refractivity contribution is -0.789. The van der Waals surface area contributed by atoms with E-state index in [2.05, 4.69) is 9.68 Å². The van der Waals surface area contributed by atoms with Gasteiger partial charge in [-0.05, 0) is 12.5 Å². The molecule has 0 radical (unpaired) electrons. The monoisotopic (exact) mass is 256 g/mol. The summed E-state index contributed by atoms with van der Waals surface area (Å²) in [5.41, 5.74) is 1.83. The van der Waals surface area contributed by atoms with Gasteiger partial charge in [0, 0.05) is 6.42 Å². The minimum absolute atomic E-state index is 0.162. The van der Waals surface area contributed by atoms with Crippen LogP contribution >= 0.6 is 0 Å². The first-order chi connectivity index (χ1) is 8.47. The summed E-state index contributed by atoms with van der Waals surface area (Å²) in [7, 11) is 0. The fourth-order valence-corrected chi connectivity index (χ4v) is 1.38.